The zero-order valence-corrected chi connectivity index (χ0v) is 17.0. The molecule has 2 aromatic carbocycles. The number of nitrogens with zero attached hydrogens (tertiary/aromatic N) is 1. The Bertz CT molecular complexity index is 796. The zero-order valence-electron chi connectivity index (χ0n) is 17.0. The van der Waals surface area contributed by atoms with Crippen molar-refractivity contribution >= 4 is 5.91 Å². The molecule has 0 bridgehead atoms. The van der Waals surface area contributed by atoms with Crippen molar-refractivity contribution in [3.63, 3.8) is 0 Å². The predicted molar refractivity (Wildman–Crippen MR) is 106 cm³/mol. The molecule has 1 aliphatic rings. The summed E-state index contributed by atoms with van der Waals surface area (Å²) in [5, 5.41) is 0. The number of ether oxygens (including phenoxy) is 4. The van der Waals surface area contributed by atoms with E-state index < -0.39 is 12.3 Å². The van der Waals surface area contributed by atoms with Crippen LogP contribution in [0, 0.1) is 0 Å². The molecule has 2 aromatic rings. The lowest BCUT2D eigenvalue weighted by Crippen LogP contribution is -2.30. The second kappa shape index (κ2) is 8.52. The zero-order chi connectivity index (χ0) is 20.3. The van der Waals surface area contributed by atoms with E-state index in [2.05, 4.69) is 0 Å². The summed E-state index contributed by atoms with van der Waals surface area (Å²) in [6, 6.07) is 13.3. The van der Waals surface area contributed by atoms with Crippen LogP contribution in [0.1, 0.15) is 38.1 Å². The molecule has 0 aliphatic carbocycles. The van der Waals surface area contributed by atoms with Crippen molar-refractivity contribution < 1.29 is 23.7 Å². The van der Waals surface area contributed by atoms with Crippen LogP contribution in [0.2, 0.25) is 0 Å². The average Bonchev–Trinajstić information content (AvgIpc) is 2.96. The number of rotatable bonds is 7. The first-order chi connectivity index (χ1) is 13.4. The molecule has 6 nitrogen and oxygen atoms in total. The molecule has 1 aliphatic heterocycles. The second-order valence-corrected chi connectivity index (χ2v) is 6.98. The van der Waals surface area contributed by atoms with Crippen LogP contribution in [0.3, 0.4) is 0 Å². The van der Waals surface area contributed by atoms with Gasteiger partial charge in [-0.2, -0.15) is 0 Å². The van der Waals surface area contributed by atoms with E-state index in [1.54, 1.807) is 26.0 Å². The summed E-state index contributed by atoms with van der Waals surface area (Å²) >= 11 is 0. The van der Waals surface area contributed by atoms with Gasteiger partial charge in [0, 0.05) is 6.54 Å². The third kappa shape index (κ3) is 4.07. The number of carbonyl (C=O) groups excluding carboxylic acids is 1. The van der Waals surface area contributed by atoms with E-state index in [0.717, 1.165) is 11.3 Å². The van der Waals surface area contributed by atoms with Gasteiger partial charge in [-0.3, -0.25) is 4.79 Å². The fourth-order valence-electron chi connectivity index (χ4n) is 3.32. The minimum absolute atomic E-state index is 0.0690. The molecule has 3 rings (SSSR count). The number of carbonyl (C=O) groups is 1. The molecule has 150 valence electrons. The molecular formula is C22H27NO5. The Balaban J connectivity index is 1.90. The van der Waals surface area contributed by atoms with Crippen LogP contribution >= 0.6 is 0 Å². The van der Waals surface area contributed by atoms with Gasteiger partial charge in [-0.05, 0) is 50.6 Å². The molecular weight excluding hydrogens is 358 g/mol. The summed E-state index contributed by atoms with van der Waals surface area (Å²) in [5.41, 5.74) is 1.70. The maximum Gasteiger partial charge on any atom is 0.254 e. The number of benzene rings is 2. The molecule has 1 fully saturated rings. The fourth-order valence-corrected chi connectivity index (χ4v) is 3.32. The van der Waals surface area contributed by atoms with Gasteiger partial charge in [0.2, 0.25) is 0 Å². The molecule has 0 N–H and O–H groups in total. The van der Waals surface area contributed by atoms with E-state index in [0.29, 0.717) is 23.6 Å². The smallest absolute Gasteiger partial charge is 0.254 e. The first kappa shape index (κ1) is 20.0. The van der Waals surface area contributed by atoms with Gasteiger partial charge in [0.1, 0.15) is 23.4 Å². The highest BCUT2D eigenvalue weighted by Gasteiger charge is 2.41. The molecule has 1 amide bonds. The molecule has 0 aromatic heterocycles. The number of hydrogen-bond donors (Lipinski definition) is 0. The largest absolute Gasteiger partial charge is 0.496 e. The molecule has 0 spiro atoms. The minimum Gasteiger partial charge on any atom is -0.496 e. The first-order valence-corrected chi connectivity index (χ1v) is 9.37. The highest BCUT2D eigenvalue weighted by Crippen LogP contribution is 2.42. The maximum absolute atomic E-state index is 12.8. The van der Waals surface area contributed by atoms with Gasteiger partial charge in [-0.15, -0.1) is 0 Å². The molecule has 6 heteroatoms. The number of hydrogen-bond acceptors (Lipinski definition) is 5. The van der Waals surface area contributed by atoms with Crippen molar-refractivity contribution in [2.75, 3.05) is 14.2 Å². The van der Waals surface area contributed by atoms with Crippen LogP contribution < -0.4 is 14.2 Å². The van der Waals surface area contributed by atoms with Crippen molar-refractivity contribution in [2.24, 2.45) is 0 Å². The molecule has 1 heterocycles. The summed E-state index contributed by atoms with van der Waals surface area (Å²) in [5.74, 6) is 1.98. The lowest BCUT2D eigenvalue weighted by Gasteiger charge is -2.26. The minimum atomic E-state index is -0.583. The van der Waals surface area contributed by atoms with Crippen molar-refractivity contribution in [3.8, 4) is 17.2 Å². The first-order valence-electron chi connectivity index (χ1n) is 9.37. The molecule has 0 radical (unpaired) electrons. The highest BCUT2D eigenvalue weighted by molar-refractivity contribution is 5.83. The summed E-state index contributed by atoms with van der Waals surface area (Å²) in [4.78, 5) is 14.5. The quantitative estimate of drug-likeness (QED) is 0.723. The maximum atomic E-state index is 12.8. The van der Waals surface area contributed by atoms with Crippen molar-refractivity contribution in [2.45, 2.75) is 45.8 Å². The standard InChI is InChI=1S/C22H27NO5/c1-14(2)27-17-11-9-16(10-12-17)13-23-21(24)15(3)28-22(23)20-18(25-4)7-6-8-19(20)26-5/h6-12,14-15,22H,13H2,1-5H3. The van der Waals surface area contributed by atoms with Crippen LogP contribution in [-0.4, -0.2) is 37.2 Å². The Hall–Kier alpha value is -2.73. The normalized spacial score (nSPS) is 19.2. The Morgan fingerprint density at radius 3 is 2.18 bits per heavy atom. The molecule has 1 saturated heterocycles. The van der Waals surface area contributed by atoms with Gasteiger partial charge in [0.15, 0.2) is 6.23 Å². The molecule has 28 heavy (non-hydrogen) atoms. The Morgan fingerprint density at radius 1 is 1.04 bits per heavy atom. The van der Waals surface area contributed by atoms with E-state index in [-0.39, 0.29) is 12.0 Å². The summed E-state index contributed by atoms with van der Waals surface area (Å²) in [6.07, 6.45) is -1.01. The Kier molecular flexibility index (Phi) is 6.09. The third-order valence-corrected chi connectivity index (χ3v) is 4.61. The third-order valence-electron chi connectivity index (χ3n) is 4.61. The van der Waals surface area contributed by atoms with Crippen LogP contribution in [0.5, 0.6) is 17.2 Å². The van der Waals surface area contributed by atoms with Crippen molar-refractivity contribution in [1.82, 2.24) is 4.90 Å². The lowest BCUT2D eigenvalue weighted by molar-refractivity contribution is -0.130. The van der Waals surface area contributed by atoms with E-state index in [1.807, 2.05) is 56.3 Å². The second-order valence-electron chi connectivity index (χ2n) is 6.98. The Morgan fingerprint density at radius 2 is 1.64 bits per heavy atom. The number of methoxy groups -OCH3 is 2. The lowest BCUT2D eigenvalue weighted by atomic mass is 10.1. The number of amides is 1. The van der Waals surface area contributed by atoms with Crippen molar-refractivity contribution in [1.29, 1.82) is 0 Å². The molecule has 2 atom stereocenters. The SMILES string of the molecule is COc1cccc(OC)c1C1OC(C)C(=O)N1Cc1ccc(OC(C)C)cc1. The van der Waals surface area contributed by atoms with Gasteiger partial charge in [0.25, 0.3) is 5.91 Å². The van der Waals surface area contributed by atoms with Crippen LogP contribution in [-0.2, 0) is 16.1 Å². The van der Waals surface area contributed by atoms with Gasteiger partial charge >= 0.3 is 0 Å². The van der Waals surface area contributed by atoms with Crippen LogP contribution in [0.25, 0.3) is 0 Å². The Labute approximate surface area is 166 Å². The molecule has 2 unspecified atom stereocenters. The van der Waals surface area contributed by atoms with Crippen LogP contribution in [0.4, 0.5) is 0 Å². The van der Waals surface area contributed by atoms with Gasteiger partial charge < -0.3 is 23.8 Å². The van der Waals surface area contributed by atoms with E-state index in [4.69, 9.17) is 18.9 Å². The summed E-state index contributed by atoms with van der Waals surface area (Å²) < 4.78 is 22.7. The van der Waals surface area contributed by atoms with E-state index >= 15 is 0 Å². The topological polar surface area (TPSA) is 57.2 Å². The highest BCUT2D eigenvalue weighted by atomic mass is 16.5. The molecule has 0 saturated carbocycles. The summed E-state index contributed by atoms with van der Waals surface area (Å²) in [6.45, 7) is 6.15. The summed E-state index contributed by atoms with van der Waals surface area (Å²) in [7, 11) is 3.19. The van der Waals surface area contributed by atoms with Crippen LogP contribution in [0.15, 0.2) is 42.5 Å². The van der Waals surface area contributed by atoms with E-state index in [9.17, 15) is 4.79 Å². The predicted octanol–water partition coefficient (Wildman–Crippen LogP) is 3.94. The van der Waals surface area contributed by atoms with Gasteiger partial charge in [-0.25, -0.2) is 0 Å². The average molecular weight is 385 g/mol. The van der Waals surface area contributed by atoms with Crippen molar-refractivity contribution in [3.05, 3.63) is 53.6 Å². The monoisotopic (exact) mass is 385 g/mol. The van der Waals surface area contributed by atoms with Gasteiger partial charge in [0.05, 0.1) is 25.9 Å². The fraction of sp³-hybridized carbons (Fsp3) is 0.409. The van der Waals surface area contributed by atoms with Gasteiger partial charge in [-0.1, -0.05) is 18.2 Å². The van der Waals surface area contributed by atoms with E-state index in [1.165, 1.54) is 0 Å².